The van der Waals surface area contributed by atoms with Crippen molar-refractivity contribution in [3.63, 3.8) is 0 Å². The lowest BCUT2D eigenvalue weighted by molar-refractivity contribution is -0.148. The van der Waals surface area contributed by atoms with Gasteiger partial charge in [0.2, 0.25) is 0 Å². The number of carbonyl (C=O) groups excluding carboxylic acids is 1. The van der Waals surface area contributed by atoms with Gasteiger partial charge in [-0.05, 0) is 52.9 Å². The normalized spacial score (nSPS) is 25.3. The van der Waals surface area contributed by atoms with Crippen LogP contribution < -0.4 is 5.32 Å². The second-order valence-electron chi connectivity index (χ2n) is 5.54. The van der Waals surface area contributed by atoms with Crippen LogP contribution in [0, 0.1) is 5.92 Å². The number of carbonyl (C=O) groups is 2. The van der Waals surface area contributed by atoms with Crippen molar-refractivity contribution < 1.29 is 19.8 Å². The lowest BCUT2D eigenvalue weighted by Gasteiger charge is -2.39. The molecule has 1 aromatic rings. The van der Waals surface area contributed by atoms with E-state index >= 15 is 0 Å². The first-order valence-corrected chi connectivity index (χ1v) is 7.70. The number of aromatic hydroxyl groups is 1. The summed E-state index contributed by atoms with van der Waals surface area (Å²) in [4.78, 5) is 24.0. The molecular formula is C15H18BrNO4. The molecule has 0 radical (unpaired) electrons. The molecule has 2 rings (SSSR count). The fraction of sp³-hybridized carbons (Fsp3) is 0.467. The standard InChI is InChI=1S/C15H18BrNO4/c1-9-4-2-3-7-15(9,14(20)21)17-13(19)10-5-6-11(16)12(18)8-10/h5-6,8-9,18H,2-4,7H2,1H3,(H,17,19)(H,20,21). The molecular weight excluding hydrogens is 338 g/mol. The zero-order valence-corrected chi connectivity index (χ0v) is 13.3. The molecule has 0 saturated heterocycles. The predicted octanol–water partition coefficient (Wildman–Crippen LogP) is 2.92. The van der Waals surface area contributed by atoms with Gasteiger partial charge in [0, 0.05) is 5.56 Å². The molecule has 0 aliphatic heterocycles. The van der Waals surface area contributed by atoms with E-state index in [1.165, 1.54) is 6.07 Å². The van der Waals surface area contributed by atoms with Crippen LogP contribution in [0.1, 0.15) is 43.0 Å². The molecule has 114 valence electrons. The number of halogens is 1. The maximum atomic E-state index is 12.3. The molecule has 1 aromatic carbocycles. The first-order valence-electron chi connectivity index (χ1n) is 6.91. The summed E-state index contributed by atoms with van der Waals surface area (Å²) in [5.74, 6) is -1.65. The van der Waals surface area contributed by atoms with Crippen molar-refractivity contribution in [1.29, 1.82) is 0 Å². The first-order chi connectivity index (χ1) is 9.86. The highest BCUT2D eigenvalue weighted by Crippen LogP contribution is 2.34. The van der Waals surface area contributed by atoms with Gasteiger partial charge >= 0.3 is 5.97 Å². The number of amides is 1. The zero-order chi connectivity index (χ0) is 15.6. The number of nitrogens with one attached hydrogen (secondary N) is 1. The van der Waals surface area contributed by atoms with Gasteiger partial charge < -0.3 is 15.5 Å². The summed E-state index contributed by atoms with van der Waals surface area (Å²) in [6.07, 6.45) is 2.96. The summed E-state index contributed by atoms with van der Waals surface area (Å²) in [5, 5.41) is 21.9. The van der Waals surface area contributed by atoms with Gasteiger partial charge in [-0.25, -0.2) is 4.79 Å². The molecule has 21 heavy (non-hydrogen) atoms. The molecule has 1 fully saturated rings. The minimum atomic E-state index is -1.22. The molecule has 1 saturated carbocycles. The average Bonchev–Trinajstić information content (AvgIpc) is 2.44. The van der Waals surface area contributed by atoms with Crippen LogP contribution in [0.25, 0.3) is 0 Å². The summed E-state index contributed by atoms with van der Waals surface area (Å²) in [7, 11) is 0. The fourth-order valence-corrected chi connectivity index (χ4v) is 3.08. The first kappa shape index (κ1) is 15.8. The zero-order valence-electron chi connectivity index (χ0n) is 11.7. The van der Waals surface area contributed by atoms with E-state index in [4.69, 9.17) is 0 Å². The Balaban J connectivity index is 2.26. The number of carboxylic acids is 1. The molecule has 0 aromatic heterocycles. The third-order valence-electron chi connectivity index (χ3n) is 4.23. The van der Waals surface area contributed by atoms with Crippen molar-refractivity contribution in [2.75, 3.05) is 0 Å². The van der Waals surface area contributed by atoms with Gasteiger partial charge in [0.25, 0.3) is 5.91 Å². The number of hydrogen-bond acceptors (Lipinski definition) is 3. The van der Waals surface area contributed by atoms with Gasteiger partial charge in [0.1, 0.15) is 11.3 Å². The van der Waals surface area contributed by atoms with E-state index in [1.807, 2.05) is 6.92 Å². The van der Waals surface area contributed by atoms with Gasteiger partial charge in [0.15, 0.2) is 0 Å². The van der Waals surface area contributed by atoms with Crippen LogP contribution in [0.2, 0.25) is 0 Å². The minimum absolute atomic E-state index is 0.0521. The molecule has 3 N–H and O–H groups in total. The van der Waals surface area contributed by atoms with E-state index < -0.39 is 17.4 Å². The Hall–Kier alpha value is -1.56. The van der Waals surface area contributed by atoms with Gasteiger partial charge in [-0.2, -0.15) is 0 Å². The van der Waals surface area contributed by atoms with Crippen molar-refractivity contribution in [3.05, 3.63) is 28.2 Å². The van der Waals surface area contributed by atoms with E-state index in [0.717, 1.165) is 19.3 Å². The van der Waals surface area contributed by atoms with Crippen LogP contribution in [-0.4, -0.2) is 27.6 Å². The second kappa shape index (κ2) is 6.05. The van der Waals surface area contributed by atoms with Crippen molar-refractivity contribution in [2.24, 2.45) is 5.92 Å². The number of benzene rings is 1. The van der Waals surface area contributed by atoms with Crippen LogP contribution in [0.3, 0.4) is 0 Å². The highest BCUT2D eigenvalue weighted by atomic mass is 79.9. The second-order valence-corrected chi connectivity index (χ2v) is 6.40. The Morgan fingerprint density at radius 2 is 2.10 bits per heavy atom. The van der Waals surface area contributed by atoms with Crippen LogP contribution in [0.4, 0.5) is 0 Å². The summed E-state index contributed by atoms with van der Waals surface area (Å²) in [5.41, 5.74) is -0.980. The molecule has 5 nitrogen and oxygen atoms in total. The van der Waals surface area contributed by atoms with Crippen molar-refractivity contribution in [1.82, 2.24) is 5.32 Å². The monoisotopic (exact) mass is 355 g/mol. The van der Waals surface area contributed by atoms with Gasteiger partial charge in [-0.3, -0.25) is 4.79 Å². The molecule has 1 aliphatic carbocycles. The topological polar surface area (TPSA) is 86.6 Å². The molecule has 0 bridgehead atoms. The number of hydrogen-bond donors (Lipinski definition) is 3. The summed E-state index contributed by atoms with van der Waals surface area (Å²) in [6, 6.07) is 4.42. The van der Waals surface area contributed by atoms with Gasteiger partial charge in [0.05, 0.1) is 4.47 Å². The smallest absolute Gasteiger partial charge is 0.329 e. The van der Waals surface area contributed by atoms with Crippen LogP contribution in [0.15, 0.2) is 22.7 Å². The SMILES string of the molecule is CC1CCCCC1(NC(=O)c1ccc(Br)c(O)c1)C(=O)O. The largest absolute Gasteiger partial charge is 0.507 e. The van der Waals surface area contributed by atoms with Crippen molar-refractivity contribution in [3.8, 4) is 5.75 Å². The van der Waals surface area contributed by atoms with E-state index in [1.54, 1.807) is 12.1 Å². The van der Waals surface area contributed by atoms with E-state index in [0.29, 0.717) is 10.9 Å². The lowest BCUT2D eigenvalue weighted by atomic mass is 9.73. The number of carboxylic acid groups (broad SMARTS) is 1. The van der Waals surface area contributed by atoms with E-state index in [9.17, 15) is 19.8 Å². The molecule has 6 heteroatoms. The summed E-state index contributed by atoms with van der Waals surface area (Å²) >= 11 is 3.14. The average molecular weight is 356 g/mol. The number of phenols is 1. The lowest BCUT2D eigenvalue weighted by Crippen LogP contribution is -2.60. The molecule has 1 aliphatic rings. The Morgan fingerprint density at radius 1 is 1.38 bits per heavy atom. The Kier molecular flexibility index (Phi) is 4.56. The molecule has 0 heterocycles. The van der Waals surface area contributed by atoms with Crippen molar-refractivity contribution >= 4 is 27.8 Å². The number of rotatable bonds is 3. The molecule has 0 spiro atoms. The number of aliphatic carboxylic acids is 1. The predicted molar refractivity (Wildman–Crippen MR) is 81.3 cm³/mol. The quantitative estimate of drug-likeness (QED) is 0.777. The van der Waals surface area contributed by atoms with Crippen LogP contribution >= 0.6 is 15.9 Å². The minimum Gasteiger partial charge on any atom is -0.507 e. The Bertz CT molecular complexity index is 575. The Labute approximate surface area is 131 Å². The highest BCUT2D eigenvalue weighted by molar-refractivity contribution is 9.10. The Morgan fingerprint density at radius 3 is 2.67 bits per heavy atom. The summed E-state index contributed by atoms with van der Waals surface area (Å²) < 4.78 is 0.484. The van der Waals surface area contributed by atoms with Crippen LogP contribution in [0.5, 0.6) is 5.75 Å². The van der Waals surface area contributed by atoms with E-state index in [2.05, 4.69) is 21.2 Å². The molecule has 2 unspecified atom stereocenters. The highest BCUT2D eigenvalue weighted by Gasteiger charge is 2.46. The van der Waals surface area contributed by atoms with Gasteiger partial charge in [-0.15, -0.1) is 0 Å². The number of phenolic OH excluding ortho intramolecular Hbond substituents is 1. The van der Waals surface area contributed by atoms with Gasteiger partial charge in [-0.1, -0.05) is 19.8 Å². The van der Waals surface area contributed by atoms with Crippen molar-refractivity contribution in [2.45, 2.75) is 38.1 Å². The van der Waals surface area contributed by atoms with E-state index in [-0.39, 0.29) is 17.2 Å². The van der Waals surface area contributed by atoms with Crippen LogP contribution in [-0.2, 0) is 4.79 Å². The third kappa shape index (κ3) is 3.05. The summed E-state index contributed by atoms with van der Waals surface area (Å²) in [6.45, 7) is 1.85. The fourth-order valence-electron chi connectivity index (χ4n) is 2.83. The maximum Gasteiger partial charge on any atom is 0.329 e. The molecule has 1 amide bonds. The third-order valence-corrected chi connectivity index (χ3v) is 4.90. The molecule has 2 atom stereocenters. The maximum absolute atomic E-state index is 12.3.